The van der Waals surface area contributed by atoms with Crippen LogP contribution >= 0.6 is 0 Å². The van der Waals surface area contributed by atoms with Gasteiger partial charge in [0.15, 0.2) is 5.76 Å². The third kappa shape index (κ3) is 3.04. The van der Waals surface area contributed by atoms with Gasteiger partial charge in [0.2, 0.25) is 0 Å². The summed E-state index contributed by atoms with van der Waals surface area (Å²) in [6.45, 7) is 2.42. The number of ether oxygens (including phenoxy) is 1. The molecule has 1 aliphatic carbocycles. The minimum atomic E-state index is 0.291. The molecule has 4 nitrogen and oxygen atoms in total. The molecular weight excluding hydrogens is 192 g/mol. The fourth-order valence-corrected chi connectivity index (χ4v) is 2.02. The lowest BCUT2D eigenvalue weighted by molar-refractivity contribution is 0.00249. The Balaban J connectivity index is 1.77. The second kappa shape index (κ2) is 4.77. The molecule has 4 heteroatoms. The van der Waals surface area contributed by atoms with Crippen molar-refractivity contribution < 1.29 is 9.26 Å². The Morgan fingerprint density at radius 2 is 2.47 bits per heavy atom. The number of rotatable bonds is 3. The minimum Gasteiger partial charge on any atom is -0.370 e. The molecule has 84 valence electrons. The first kappa shape index (κ1) is 10.6. The van der Waals surface area contributed by atoms with Gasteiger partial charge in [0.25, 0.3) is 0 Å². The van der Waals surface area contributed by atoms with E-state index in [1.54, 1.807) is 0 Å². The predicted molar refractivity (Wildman–Crippen MR) is 56.3 cm³/mol. The topological polar surface area (TPSA) is 61.3 Å². The number of hydrogen-bond acceptors (Lipinski definition) is 4. The zero-order valence-electron chi connectivity index (χ0n) is 9.11. The fourth-order valence-electron chi connectivity index (χ4n) is 2.02. The summed E-state index contributed by atoms with van der Waals surface area (Å²) in [5.74, 6) is 0.798. The van der Waals surface area contributed by atoms with E-state index in [1.165, 1.54) is 6.42 Å². The lowest BCUT2D eigenvalue weighted by Crippen LogP contribution is -2.32. The van der Waals surface area contributed by atoms with Crippen LogP contribution in [0.4, 0.5) is 0 Å². The van der Waals surface area contributed by atoms with Gasteiger partial charge in [-0.1, -0.05) is 5.16 Å². The molecule has 2 N–H and O–H groups in total. The van der Waals surface area contributed by atoms with E-state index >= 15 is 0 Å². The number of nitrogens with two attached hydrogens (primary N) is 1. The van der Waals surface area contributed by atoms with Crippen molar-refractivity contribution in [2.75, 3.05) is 0 Å². The number of aryl methyl sites for hydroxylation is 1. The van der Waals surface area contributed by atoms with Crippen LogP contribution in [0.3, 0.4) is 0 Å². The third-order valence-corrected chi connectivity index (χ3v) is 2.80. The molecule has 0 saturated heterocycles. The van der Waals surface area contributed by atoms with Gasteiger partial charge >= 0.3 is 0 Å². The molecular formula is C11H18N2O2. The van der Waals surface area contributed by atoms with E-state index in [-0.39, 0.29) is 0 Å². The van der Waals surface area contributed by atoms with Crippen molar-refractivity contribution in [2.24, 2.45) is 5.73 Å². The fraction of sp³-hybridized carbons (Fsp3) is 0.727. The monoisotopic (exact) mass is 210 g/mol. The molecule has 2 unspecified atom stereocenters. The maximum Gasteiger partial charge on any atom is 0.162 e. The van der Waals surface area contributed by atoms with Crippen LogP contribution in [0.1, 0.15) is 37.1 Å². The Bertz CT molecular complexity index is 311. The average molecular weight is 210 g/mol. The van der Waals surface area contributed by atoms with E-state index < -0.39 is 0 Å². The summed E-state index contributed by atoms with van der Waals surface area (Å²) in [6, 6.07) is 2.21. The Kier molecular flexibility index (Phi) is 3.38. The standard InChI is InChI=1S/C11H18N2O2/c1-8-5-11(15-13-8)7-14-10-4-2-3-9(12)6-10/h5,9-10H,2-4,6-7,12H2,1H3. The zero-order valence-corrected chi connectivity index (χ0v) is 9.11. The van der Waals surface area contributed by atoms with Gasteiger partial charge in [-0.05, 0) is 32.6 Å². The lowest BCUT2D eigenvalue weighted by atomic mass is 9.94. The van der Waals surface area contributed by atoms with Gasteiger partial charge < -0.3 is 15.0 Å². The molecule has 0 aromatic carbocycles. The van der Waals surface area contributed by atoms with Crippen LogP contribution in [0.15, 0.2) is 10.6 Å². The molecule has 1 saturated carbocycles. The molecule has 1 aromatic rings. The Morgan fingerprint density at radius 3 is 3.13 bits per heavy atom. The van der Waals surface area contributed by atoms with Crippen LogP contribution < -0.4 is 5.73 Å². The molecule has 0 radical (unpaired) electrons. The van der Waals surface area contributed by atoms with Crippen molar-refractivity contribution in [3.05, 3.63) is 17.5 Å². The molecule has 0 aliphatic heterocycles. The number of hydrogen-bond donors (Lipinski definition) is 1. The number of aromatic nitrogens is 1. The van der Waals surface area contributed by atoms with Crippen molar-refractivity contribution in [2.45, 2.75) is 51.4 Å². The highest BCUT2D eigenvalue weighted by atomic mass is 16.5. The summed E-state index contributed by atoms with van der Waals surface area (Å²) >= 11 is 0. The lowest BCUT2D eigenvalue weighted by Gasteiger charge is -2.26. The maximum atomic E-state index is 5.88. The van der Waals surface area contributed by atoms with Crippen LogP contribution in [0, 0.1) is 6.92 Å². The van der Waals surface area contributed by atoms with E-state index in [0.29, 0.717) is 18.8 Å². The number of nitrogens with zero attached hydrogens (tertiary/aromatic N) is 1. The molecule has 1 aromatic heterocycles. The van der Waals surface area contributed by atoms with Gasteiger partial charge in [-0.15, -0.1) is 0 Å². The second-order valence-electron chi connectivity index (χ2n) is 4.29. The van der Waals surface area contributed by atoms with Crippen molar-refractivity contribution in [1.82, 2.24) is 5.16 Å². The van der Waals surface area contributed by atoms with Crippen molar-refractivity contribution in [1.29, 1.82) is 0 Å². The minimum absolute atomic E-state index is 0.291. The van der Waals surface area contributed by atoms with E-state index in [1.807, 2.05) is 13.0 Å². The SMILES string of the molecule is Cc1cc(COC2CCCC(N)C2)on1. The first-order chi connectivity index (χ1) is 7.24. The van der Waals surface area contributed by atoms with Gasteiger partial charge in [0.05, 0.1) is 11.8 Å². The van der Waals surface area contributed by atoms with Crippen LogP contribution in [0.5, 0.6) is 0 Å². The van der Waals surface area contributed by atoms with E-state index in [0.717, 1.165) is 30.7 Å². The molecule has 1 aliphatic rings. The van der Waals surface area contributed by atoms with Gasteiger partial charge in [0, 0.05) is 12.1 Å². The van der Waals surface area contributed by atoms with Gasteiger partial charge in [-0.25, -0.2) is 0 Å². The van der Waals surface area contributed by atoms with Crippen LogP contribution in [0.25, 0.3) is 0 Å². The van der Waals surface area contributed by atoms with E-state index in [2.05, 4.69) is 5.16 Å². The highest BCUT2D eigenvalue weighted by molar-refractivity contribution is 5.01. The highest BCUT2D eigenvalue weighted by Gasteiger charge is 2.19. The van der Waals surface area contributed by atoms with Gasteiger partial charge in [0.1, 0.15) is 6.61 Å². The summed E-state index contributed by atoms with van der Waals surface area (Å²) in [5, 5.41) is 3.82. The van der Waals surface area contributed by atoms with Crippen LogP contribution in [0.2, 0.25) is 0 Å². The Labute approximate surface area is 89.8 Å². The van der Waals surface area contributed by atoms with Crippen molar-refractivity contribution in [3.8, 4) is 0 Å². The molecule has 0 amide bonds. The maximum absolute atomic E-state index is 5.88. The van der Waals surface area contributed by atoms with Gasteiger partial charge in [-0.3, -0.25) is 0 Å². The van der Waals surface area contributed by atoms with Crippen LogP contribution in [-0.4, -0.2) is 17.3 Å². The summed E-state index contributed by atoms with van der Waals surface area (Å²) in [7, 11) is 0. The van der Waals surface area contributed by atoms with Crippen LogP contribution in [-0.2, 0) is 11.3 Å². The first-order valence-corrected chi connectivity index (χ1v) is 5.53. The molecule has 1 heterocycles. The van der Waals surface area contributed by atoms with Crippen molar-refractivity contribution >= 4 is 0 Å². The molecule has 2 rings (SSSR count). The summed E-state index contributed by atoms with van der Waals surface area (Å²) in [5.41, 5.74) is 6.78. The molecule has 15 heavy (non-hydrogen) atoms. The summed E-state index contributed by atoms with van der Waals surface area (Å²) in [6.07, 6.45) is 4.66. The Hall–Kier alpha value is -0.870. The average Bonchev–Trinajstić information content (AvgIpc) is 2.62. The molecule has 2 atom stereocenters. The zero-order chi connectivity index (χ0) is 10.7. The van der Waals surface area contributed by atoms with E-state index in [4.69, 9.17) is 15.0 Å². The smallest absolute Gasteiger partial charge is 0.162 e. The molecule has 1 fully saturated rings. The third-order valence-electron chi connectivity index (χ3n) is 2.80. The molecule has 0 spiro atoms. The summed E-state index contributed by atoms with van der Waals surface area (Å²) < 4.78 is 10.8. The second-order valence-corrected chi connectivity index (χ2v) is 4.29. The summed E-state index contributed by atoms with van der Waals surface area (Å²) in [4.78, 5) is 0. The molecule has 0 bridgehead atoms. The van der Waals surface area contributed by atoms with Crippen molar-refractivity contribution in [3.63, 3.8) is 0 Å². The predicted octanol–water partition coefficient (Wildman–Crippen LogP) is 1.77. The van der Waals surface area contributed by atoms with E-state index in [9.17, 15) is 0 Å². The largest absolute Gasteiger partial charge is 0.370 e. The normalized spacial score (nSPS) is 26.8. The van der Waals surface area contributed by atoms with Gasteiger partial charge in [-0.2, -0.15) is 0 Å². The highest BCUT2D eigenvalue weighted by Crippen LogP contribution is 2.20. The first-order valence-electron chi connectivity index (χ1n) is 5.53. The Morgan fingerprint density at radius 1 is 1.60 bits per heavy atom. The quantitative estimate of drug-likeness (QED) is 0.826.